The quantitative estimate of drug-likeness (QED) is 0.540. The molecule has 2 aromatic carbocycles. The van der Waals surface area contributed by atoms with Gasteiger partial charge in [0.1, 0.15) is 5.82 Å². The number of rotatable bonds is 5. The van der Waals surface area contributed by atoms with Crippen molar-refractivity contribution in [1.29, 1.82) is 0 Å². The van der Waals surface area contributed by atoms with Gasteiger partial charge < -0.3 is 10.0 Å². The molecule has 3 heterocycles. The maximum atomic E-state index is 14.6. The number of nitrogens with zero attached hydrogens (tertiary/aromatic N) is 5. The minimum absolute atomic E-state index is 0.0308. The van der Waals surface area contributed by atoms with E-state index in [1.54, 1.807) is 30.5 Å². The molecule has 0 unspecified atom stereocenters. The summed E-state index contributed by atoms with van der Waals surface area (Å²) < 4.78 is 41.2. The Kier molecular flexibility index (Phi) is 6.54. The number of benzene rings is 2. The number of hydrogen-bond donors (Lipinski definition) is 1. The van der Waals surface area contributed by atoms with Crippen LogP contribution in [-0.4, -0.2) is 75.5 Å². The van der Waals surface area contributed by atoms with E-state index in [2.05, 4.69) is 10.3 Å². The fourth-order valence-electron chi connectivity index (χ4n) is 5.10. The average molecular weight is 528 g/mol. The first-order chi connectivity index (χ1) is 17.6. The second kappa shape index (κ2) is 9.67. The van der Waals surface area contributed by atoms with Crippen molar-refractivity contribution in [3.05, 3.63) is 76.4 Å². The number of halogens is 1. The molecule has 3 aromatic rings. The zero-order chi connectivity index (χ0) is 26.3. The molecule has 1 fully saturated rings. The van der Waals surface area contributed by atoms with E-state index in [9.17, 15) is 27.5 Å². The van der Waals surface area contributed by atoms with Gasteiger partial charge in [0.25, 0.3) is 5.91 Å². The highest BCUT2D eigenvalue weighted by atomic mass is 32.2. The molecule has 2 aliphatic rings. The van der Waals surface area contributed by atoms with Crippen molar-refractivity contribution in [2.75, 3.05) is 25.9 Å². The van der Waals surface area contributed by atoms with E-state index >= 15 is 0 Å². The van der Waals surface area contributed by atoms with E-state index in [4.69, 9.17) is 0 Å². The number of fused-ring (bicyclic) bond motifs is 1. The third-order valence-electron chi connectivity index (χ3n) is 7.11. The van der Waals surface area contributed by atoms with Gasteiger partial charge in [-0.2, -0.15) is 0 Å². The fraction of sp³-hybridized carbons (Fsp3) is 0.360. The molecule has 0 bridgehead atoms. The first-order valence-electron chi connectivity index (χ1n) is 11.9. The summed E-state index contributed by atoms with van der Waals surface area (Å²) in [7, 11) is -3.23. The van der Waals surface area contributed by atoms with Crippen LogP contribution in [-0.2, 0) is 23.0 Å². The first-order valence-corrected chi connectivity index (χ1v) is 13.8. The molecule has 1 amide bonds. The van der Waals surface area contributed by atoms with Crippen LogP contribution >= 0.6 is 0 Å². The van der Waals surface area contributed by atoms with Gasteiger partial charge in [0.05, 0.1) is 35.0 Å². The Morgan fingerprint density at radius 2 is 1.76 bits per heavy atom. The largest absolute Gasteiger partial charge is 0.478 e. The molecule has 5 rings (SSSR count). The topological polar surface area (TPSA) is 126 Å². The fourth-order valence-corrected chi connectivity index (χ4v) is 5.97. The second-order valence-electron chi connectivity index (χ2n) is 9.38. The lowest BCUT2D eigenvalue weighted by atomic mass is 9.93. The van der Waals surface area contributed by atoms with Gasteiger partial charge in [-0.3, -0.25) is 4.79 Å². The van der Waals surface area contributed by atoms with E-state index < -0.39 is 21.8 Å². The Balaban J connectivity index is 1.37. The van der Waals surface area contributed by atoms with Crippen molar-refractivity contribution in [3.8, 4) is 5.69 Å². The van der Waals surface area contributed by atoms with Crippen molar-refractivity contribution in [1.82, 2.24) is 24.2 Å². The molecular weight excluding hydrogens is 501 g/mol. The SMILES string of the molecule is CS(=O)(=O)N1CCC(c2cn(-c3ccccc3C(=O)N3CCc4c(C(=O)O)ccc(F)c4C3)nn2)CC1. The number of aromatic nitrogens is 3. The molecule has 194 valence electrons. The maximum absolute atomic E-state index is 14.6. The van der Waals surface area contributed by atoms with E-state index in [1.807, 2.05) is 0 Å². The standard InChI is InChI=1S/C25H26FN5O5S/c1-37(35,36)30-12-8-16(9-13-30)22-15-31(28-27-22)23-5-3-2-4-19(23)24(32)29-11-10-17-18(25(33)34)6-7-21(26)20(17)14-29/h2-7,15-16H,8-14H2,1H3,(H,33,34). The van der Waals surface area contributed by atoms with Crippen molar-refractivity contribution in [2.24, 2.45) is 0 Å². The maximum Gasteiger partial charge on any atom is 0.335 e. The zero-order valence-electron chi connectivity index (χ0n) is 20.2. The summed E-state index contributed by atoms with van der Waals surface area (Å²) in [6, 6.07) is 9.32. The minimum atomic E-state index is -3.23. The molecule has 1 N–H and O–H groups in total. The summed E-state index contributed by atoms with van der Waals surface area (Å²) in [5, 5.41) is 18.0. The summed E-state index contributed by atoms with van der Waals surface area (Å²) in [6.07, 6.45) is 4.46. The molecule has 0 radical (unpaired) electrons. The minimum Gasteiger partial charge on any atom is -0.478 e. The van der Waals surface area contributed by atoms with Gasteiger partial charge in [-0.25, -0.2) is 26.6 Å². The van der Waals surface area contributed by atoms with Crippen LogP contribution in [0.1, 0.15) is 56.3 Å². The zero-order valence-corrected chi connectivity index (χ0v) is 21.0. The number of amides is 1. The van der Waals surface area contributed by atoms with Gasteiger partial charge in [-0.05, 0) is 49.1 Å². The van der Waals surface area contributed by atoms with Crippen LogP contribution in [0.2, 0.25) is 0 Å². The summed E-state index contributed by atoms with van der Waals surface area (Å²) in [6.45, 7) is 1.06. The number of sulfonamides is 1. The monoisotopic (exact) mass is 527 g/mol. The highest BCUT2D eigenvalue weighted by Gasteiger charge is 2.30. The molecule has 1 saturated heterocycles. The molecule has 2 aliphatic heterocycles. The molecule has 0 saturated carbocycles. The number of hydrogen-bond acceptors (Lipinski definition) is 6. The summed E-state index contributed by atoms with van der Waals surface area (Å²) >= 11 is 0. The van der Waals surface area contributed by atoms with Gasteiger partial charge in [0.2, 0.25) is 10.0 Å². The number of carbonyl (C=O) groups excluding carboxylic acids is 1. The van der Waals surface area contributed by atoms with E-state index in [0.717, 1.165) is 11.8 Å². The molecule has 1 aromatic heterocycles. The lowest BCUT2D eigenvalue weighted by Crippen LogP contribution is -2.37. The summed E-state index contributed by atoms with van der Waals surface area (Å²) in [5.41, 5.74) is 2.31. The number of carboxylic acids is 1. The smallest absolute Gasteiger partial charge is 0.335 e. The van der Waals surface area contributed by atoms with Crippen LogP contribution in [0.15, 0.2) is 42.6 Å². The van der Waals surface area contributed by atoms with E-state index in [0.29, 0.717) is 42.7 Å². The van der Waals surface area contributed by atoms with Gasteiger partial charge in [-0.1, -0.05) is 17.3 Å². The number of carboxylic acid groups (broad SMARTS) is 1. The third-order valence-corrected chi connectivity index (χ3v) is 8.41. The third kappa shape index (κ3) is 4.86. The highest BCUT2D eigenvalue weighted by Crippen LogP contribution is 2.30. The molecule has 37 heavy (non-hydrogen) atoms. The Labute approximate surface area is 213 Å². The summed E-state index contributed by atoms with van der Waals surface area (Å²) in [5.74, 6) is -1.92. The summed E-state index contributed by atoms with van der Waals surface area (Å²) in [4.78, 5) is 26.6. The molecule has 0 aliphatic carbocycles. The van der Waals surface area contributed by atoms with Crippen molar-refractivity contribution >= 4 is 21.9 Å². The highest BCUT2D eigenvalue weighted by molar-refractivity contribution is 7.88. The van der Waals surface area contributed by atoms with Crippen LogP contribution in [0, 0.1) is 5.82 Å². The van der Waals surface area contributed by atoms with E-state index in [1.165, 1.54) is 26.2 Å². The van der Waals surface area contributed by atoms with Gasteiger partial charge in [0, 0.05) is 37.7 Å². The van der Waals surface area contributed by atoms with Crippen LogP contribution in [0.3, 0.4) is 0 Å². The van der Waals surface area contributed by atoms with Crippen LogP contribution < -0.4 is 0 Å². The number of aromatic carboxylic acids is 1. The molecule has 0 atom stereocenters. The second-order valence-corrected chi connectivity index (χ2v) is 11.4. The molecule has 0 spiro atoms. The molecular formula is C25H26FN5O5S. The Morgan fingerprint density at radius 3 is 2.46 bits per heavy atom. The number of para-hydroxylation sites is 1. The average Bonchev–Trinajstić information content (AvgIpc) is 3.38. The number of piperidine rings is 1. The van der Waals surface area contributed by atoms with Crippen LogP contribution in [0.4, 0.5) is 4.39 Å². The van der Waals surface area contributed by atoms with Gasteiger partial charge in [0.15, 0.2) is 0 Å². The van der Waals surface area contributed by atoms with E-state index in [-0.39, 0.29) is 42.5 Å². The van der Waals surface area contributed by atoms with Gasteiger partial charge in [-0.15, -0.1) is 5.10 Å². The first kappa shape index (κ1) is 25.0. The lowest BCUT2D eigenvalue weighted by Gasteiger charge is -2.30. The molecule has 12 heteroatoms. The van der Waals surface area contributed by atoms with Gasteiger partial charge >= 0.3 is 5.97 Å². The van der Waals surface area contributed by atoms with Crippen molar-refractivity contribution < 1.29 is 27.5 Å². The van der Waals surface area contributed by atoms with Crippen LogP contribution in [0.25, 0.3) is 5.69 Å². The Bertz CT molecular complexity index is 1480. The number of carbonyl (C=O) groups is 2. The normalized spacial score (nSPS) is 17.0. The van der Waals surface area contributed by atoms with Crippen molar-refractivity contribution in [2.45, 2.75) is 31.7 Å². The predicted molar refractivity (Wildman–Crippen MR) is 132 cm³/mol. The van der Waals surface area contributed by atoms with Crippen molar-refractivity contribution in [3.63, 3.8) is 0 Å². The lowest BCUT2D eigenvalue weighted by molar-refractivity contribution is 0.0693. The Hall–Kier alpha value is -3.64. The Morgan fingerprint density at radius 1 is 1.03 bits per heavy atom. The van der Waals surface area contributed by atoms with Crippen LogP contribution in [0.5, 0.6) is 0 Å². The predicted octanol–water partition coefficient (Wildman–Crippen LogP) is 2.44. The molecule has 10 nitrogen and oxygen atoms in total.